The Morgan fingerprint density at radius 3 is 2.61 bits per heavy atom. The molecule has 2 amide bonds. The highest BCUT2D eigenvalue weighted by atomic mass is 16.2. The third-order valence-electron chi connectivity index (χ3n) is 5.71. The van der Waals surface area contributed by atoms with Crippen LogP contribution in [0.2, 0.25) is 0 Å². The van der Waals surface area contributed by atoms with Crippen LogP contribution in [-0.2, 0) is 16.6 Å². The summed E-state index contributed by atoms with van der Waals surface area (Å²) in [5, 5.41) is 5.21. The Balaban J connectivity index is 1.41. The second-order valence-corrected chi connectivity index (χ2v) is 8.01. The monoisotopic (exact) mass is 385 g/mol. The molecule has 0 aliphatic carbocycles. The average Bonchev–Trinajstić information content (AvgIpc) is 3.20. The van der Waals surface area contributed by atoms with E-state index in [0.717, 1.165) is 49.5 Å². The maximum Gasteiger partial charge on any atom is 0.247 e. The molecule has 28 heavy (non-hydrogen) atoms. The molecule has 2 aromatic rings. The molecule has 9 nitrogen and oxygen atoms in total. The Morgan fingerprint density at radius 2 is 1.89 bits per heavy atom. The quantitative estimate of drug-likeness (QED) is 0.699. The van der Waals surface area contributed by atoms with Gasteiger partial charge in [0.2, 0.25) is 11.8 Å². The highest BCUT2D eigenvalue weighted by Crippen LogP contribution is 2.26. The van der Waals surface area contributed by atoms with Gasteiger partial charge in [-0.2, -0.15) is 5.10 Å². The molecule has 4 rings (SSSR count). The molecule has 4 heterocycles. The number of nitrogens with zero attached hydrogens (tertiary/aromatic N) is 7. The van der Waals surface area contributed by atoms with Gasteiger partial charge in [-0.15, -0.1) is 0 Å². The zero-order valence-electron chi connectivity index (χ0n) is 16.7. The Labute approximate surface area is 164 Å². The fourth-order valence-corrected chi connectivity index (χ4v) is 4.02. The minimum atomic E-state index is -0.314. The van der Waals surface area contributed by atoms with Crippen LogP contribution < -0.4 is 4.90 Å². The second kappa shape index (κ2) is 7.46. The Kier molecular flexibility index (Phi) is 5.01. The van der Waals surface area contributed by atoms with E-state index in [1.807, 2.05) is 7.05 Å². The highest BCUT2D eigenvalue weighted by Gasteiger charge is 2.42. The number of hydrogen-bond acceptors (Lipinski definition) is 7. The Morgan fingerprint density at radius 1 is 1.14 bits per heavy atom. The van der Waals surface area contributed by atoms with E-state index in [9.17, 15) is 9.59 Å². The lowest BCUT2D eigenvalue weighted by atomic mass is 10.1. The number of piperazine rings is 1. The van der Waals surface area contributed by atoms with E-state index in [0.29, 0.717) is 18.9 Å². The van der Waals surface area contributed by atoms with Crippen molar-refractivity contribution in [1.29, 1.82) is 0 Å². The number of anilines is 1. The van der Waals surface area contributed by atoms with Crippen molar-refractivity contribution in [3.63, 3.8) is 0 Å². The molecule has 0 radical (unpaired) electrons. The molecule has 0 spiro atoms. The third-order valence-corrected chi connectivity index (χ3v) is 5.71. The molecular formula is C19H27N7O2. The molecule has 0 aromatic carbocycles. The van der Waals surface area contributed by atoms with E-state index in [-0.39, 0.29) is 17.9 Å². The molecule has 150 valence electrons. The number of hydrogen-bond donors (Lipinski definition) is 0. The van der Waals surface area contributed by atoms with Gasteiger partial charge in [-0.05, 0) is 12.3 Å². The number of imide groups is 1. The van der Waals surface area contributed by atoms with Gasteiger partial charge in [0.25, 0.3) is 0 Å². The topological polar surface area (TPSA) is 87.5 Å². The number of likely N-dealkylation sites (tertiary alicyclic amines) is 1. The predicted molar refractivity (Wildman–Crippen MR) is 105 cm³/mol. The van der Waals surface area contributed by atoms with Crippen LogP contribution in [0.5, 0.6) is 0 Å². The summed E-state index contributed by atoms with van der Waals surface area (Å²) in [6.07, 6.45) is 4.52. The van der Waals surface area contributed by atoms with Gasteiger partial charge in [0.1, 0.15) is 12.1 Å². The molecule has 2 aliphatic rings. The van der Waals surface area contributed by atoms with E-state index < -0.39 is 0 Å². The summed E-state index contributed by atoms with van der Waals surface area (Å²) in [6.45, 7) is 7.71. The predicted octanol–water partition coefficient (Wildman–Crippen LogP) is 0.659. The van der Waals surface area contributed by atoms with E-state index in [2.05, 4.69) is 38.7 Å². The van der Waals surface area contributed by atoms with E-state index in [1.54, 1.807) is 17.2 Å². The zero-order valence-corrected chi connectivity index (χ0v) is 16.7. The van der Waals surface area contributed by atoms with Gasteiger partial charge in [-0.3, -0.25) is 24.1 Å². The first-order chi connectivity index (χ1) is 13.5. The fraction of sp³-hybridized carbons (Fsp3) is 0.632. The van der Waals surface area contributed by atoms with Crippen LogP contribution in [0.4, 0.5) is 5.82 Å². The lowest BCUT2D eigenvalue weighted by Crippen LogP contribution is -2.52. The lowest BCUT2D eigenvalue weighted by Gasteiger charge is -2.37. The molecule has 9 heteroatoms. The number of carbonyl (C=O) groups excluding carboxylic acids is 2. The summed E-state index contributed by atoms with van der Waals surface area (Å²) >= 11 is 0. The molecule has 2 aromatic heterocycles. The molecule has 2 aliphatic heterocycles. The lowest BCUT2D eigenvalue weighted by molar-refractivity contribution is -0.139. The van der Waals surface area contributed by atoms with Gasteiger partial charge in [-0.25, -0.2) is 9.97 Å². The summed E-state index contributed by atoms with van der Waals surface area (Å²) in [5.41, 5.74) is 0.810. The molecule has 0 saturated carbocycles. The van der Waals surface area contributed by atoms with Crippen molar-refractivity contribution in [2.75, 3.05) is 37.6 Å². The Hall–Kier alpha value is -2.55. The summed E-state index contributed by atoms with van der Waals surface area (Å²) in [7, 11) is 1.87. The molecule has 0 N–H and O–H groups in total. The third kappa shape index (κ3) is 3.34. The van der Waals surface area contributed by atoms with Crippen molar-refractivity contribution >= 4 is 28.7 Å². The first-order valence-electron chi connectivity index (χ1n) is 9.91. The smallest absolute Gasteiger partial charge is 0.247 e. The van der Waals surface area contributed by atoms with Crippen molar-refractivity contribution in [2.45, 2.75) is 32.7 Å². The van der Waals surface area contributed by atoms with Crippen LogP contribution in [0.1, 0.15) is 26.7 Å². The summed E-state index contributed by atoms with van der Waals surface area (Å²) in [5.74, 6) is 1.28. The zero-order chi connectivity index (χ0) is 19.8. The van der Waals surface area contributed by atoms with Gasteiger partial charge in [0.15, 0.2) is 5.65 Å². The van der Waals surface area contributed by atoms with Crippen molar-refractivity contribution in [1.82, 2.24) is 29.5 Å². The Bertz CT molecular complexity index is 886. The summed E-state index contributed by atoms with van der Waals surface area (Å²) in [6, 6.07) is -0.314. The summed E-state index contributed by atoms with van der Waals surface area (Å²) < 4.78 is 1.74. The molecule has 1 atom stereocenters. The summed E-state index contributed by atoms with van der Waals surface area (Å²) in [4.78, 5) is 39.7. The van der Waals surface area contributed by atoms with Crippen molar-refractivity contribution in [3.8, 4) is 0 Å². The van der Waals surface area contributed by atoms with Crippen LogP contribution in [-0.4, -0.2) is 80.1 Å². The van der Waals surface area contributed by atoms with Crippen LogP contribution in [0.25, 0.3) is 11.0 Å². The van der Waals surface area contributed by atoms with Gasteiger partial charge >= 0.3 is 0 Å². The minimum absolute atomic E-state index is 0.0317. The van der Waals surface area contributed by atoms with Crippen molar-refractivity contribution in [2.24, 2.45) is 13.0 Å². The first kappa shape index (κ1) is 18.8. The maximum atomic E-state index is 12.8. The van der Waals surface area contributed by atoms with Crippen LogP contribution in [0, 0.1) is 5.92 Å². The normalized spacial score (nSPS) is 21.5. The second-order valence-electron chi connectivity index (χ2n) is 8.01. The van der Waals surface area contributed by atoms with Gasteiger partial charge < -0.3 is 4.90 Å². The van der Waals surface area contributed by atoms with Crippen LogP contribution >= 0.6 is 0 Å². The first-order valence-corrected chi connectivity index (χ1v) is 9.91. The maximum absolute atomic E-state index is 12.8. The van der Waals surface area contributed by atoms with Crippen molar-refractivity contribution < 1.29 is 9.59 Å². The fourth-order valence-electron chi connectivity index (χ4n) is 4.02. The molecule has 2 fully saturated rings. The minimum Gasteiger partial charge on any atom is -0.353 e. The number of rotatable bonds is 5. The largest absolute Gasteiger partial charge is 0.353 e. The molecule has 0 unspecified atom stereocenters. The average molecular weight is 385 g/mol. The molecule has 2 saturated heterocycles. The van der Waals surface area contributed by atoms with Gasteiger partial charge in [0.05, 0.1) is 24.0 Å². The van der Waals surface area contributed by atoms with E-state index >= 15 is 0 Å². The SMILES string of the molecule is CC(C)CCN1C(=O)C[C@@H](N2CCN(c3ncnc4c3cnn4C)CC2)C1=O. The number of aryl methyl sites for hydroxylation is 1. The van der Waals surface area contributed by atoms with Crippen LogP contribution in [0.3, 0.4) is 0 Å². The number of amides is 2. The highest BCUT2D eigenvalue weighted by molar-refractivity contribution is 6.05. The number of carbonyl (C=O) groups is 2. The van der Waals surface area contributed by atoms with Crippen LogP contribution in [0.15, 0.2) is 12.5 Å². The van der Waals surface area contributed by atoms with Crippen molar-refractivity contribution in [3.05, 3.63) is 12.5 Å². The standard InChI is InChI=1S/C19H27N7O2/c1-13(2)4-5-26-16(27)10-15(19(26)28)24-6-8-25(9-7-24)18-14-11-22-23(3)17(14)20-12-21-18/h11-13,15H,4-10H2,1-3H3/t15-/m1/s1. The molecule has 0 bridgehead atoms. The molecular weight excluding hydrogens is 358 g/mol. The van der Waals surface area contributed by atoms with Gasteiger partial charge in [0, 0.05) is 39.8 Å². The number of aromatic nitrogens is 4. The van der Waals surface area contributed by atoms with Gasteiger partial charge in [-0.1, -0.05) is 13.8 Å². The van der Waals surface area contributed by atoms with E-state index in [4.69, 9.17) is 0 Å². The number of fused-ring (bicyclic) bond motifs is 1. The van der Waals surface area contributed by atoms with E-state index in [1.165, 1.54) is 4.90 Å².